The summed E-state index contributed by atoms with van der Waals surface area (Å²) in [4.78, 5) is 0. The quantitative estimate of drug-likeness (QED) is 0.887. The zero-order valence-electron chi connectivity index (χ0n) is 11.7. The fraction of sp³-hybridized carbons (Fsp3) is 0.250. The van der Waals surface area contributed by atoms with E-state index in [1.165, 1.54) is 12.1 Å². The van der Waals surface area contributed by atoms with Gasteiger partial charge in [-0.15, -0.1) is 0 Å². The van der Waals surface area contributed by atoms with E-state index in [9.17, 15) is 8.78 Å². The van der Waals surface area contributed by atoms with E-state index < -0.39 is 11.6 Å². The monoisotopic (exact) mass is 293 g/mol. The smallest absolute Gasteiger partial charge is 0.165 e. The lowest BCUT2D eigenvalue weighted by molar-refractivity contribution is 0.264. The van der Waals surface area contributed by atoms with Gasteiger partial charge in [0.15, 0.2) is 23.1 Å². The predicted octanol–water partition coefficient (Wildman–Crippen LogP) is 3.40. The lowest BCUT2D eigenvalue weighted by Crippen LogP contribution is -2.04. The van der Waals surface area contributed by atoms with Gasteiger partial charge < -0.3 is 15.2 Å². The first-order chi connectivity index (χ1) is 10.2. The van der Waals surface area contributed by atoms with E-state index in [1.54, 1.807) is 18.2 Å². The maximum atomic E-state index is 13.6. The van der Waals surface area contributed by atoms with E-state index in [1.807, 2.05) is 6.92 Å². The second kappa shape index (κ2) is 7.04. The van der Waals surface area contributed by atoms with E-state index in [0.29, 0.717) is 24.7 Å². The Hall–Kier alpha value is -2.14. The Morgan fingerprint density at radius 2 is 1.86 bits per heavy atom. The third-order valence-corrected chi connectivity index (χ3v) is 2.96. The number of hydrogen-bond acceptors (Lipinski definition) is 3. The van der Waals surface area contributed by atoms with Crippen molar-refractivity contribution in [3.8, 4) is 11.5 Å². The third kappa shape index (κ3) is 3.70. The van der Waals surface area contributed by atoms with Gasteiger partial charge in [-0.2, -0.15) is 0 Å². The summed E-state index contributed by atoms with van der Waals surface area (Å²) >= 11 is 0. The molecular formula is C16H17F2NO2. The van der Waals surface area contributed by atoms with Crippen molar-refractivity contribution < 1.29 is 18.3 Å². The Kier molecular flexibility index (Phi) is 5.11. The van der Waals surface area contributed by atoms with Crippen molar-refractivity contribution in [1.82, 2.24) is 0 Å². The van der Waals surface area contributed by atoms with Crippen molar-refractivity contribution >= 4 is 0 Å². The summed E-state index contributed by atoms with van der Waals surface area (Å²) in [6.45, 7) is 2.63. The average molecular weight is 293 g/mol. The van der Waals surface area contributed by atoms with Crippen LogP contribution in [0.2, 0.25) is 0 Å². The van der Waals surface area contributed by atoms with Crippen molar-refractivity contribution in [2.45, 2.75) is 20.1 Å². The fourth-order valence-electron chi connectivity index (χ4n) is 1.88. The highest BCUT2D eigenvalue weighted by molar-refractivity contribution is 5.43. The molecule has 112 valence electrons. The zero-order valence-corrected chi connectivity index (χ0v) is 11.7. The molecule has 0 aliphatic rings. The Labute approximate surface area is 122 Å². The minimum atomic E-state index is -0.894. The number of benzene rings is 2. The molecule has 3 nitrogen and oxygen atoms in total. The van der Waals surface area contributed by atoms with Gasteiger partial charge >= 0.3 is 0 Å². The topological polar surface area (TPSA) is 44.5 Å². The van der Waals surface area contributed by atoms with E-state index in [4.69, 9.17) is 15.2 Å². The second-order valence-electron chi connectivity index (χ2n) is 4.42. The van der Waals surface area contributed by atoms with Crippen molar-refractivity contribution in [1.29, 1.82) is 0 Å². The lowest BCUT2D eigenvalue weighted by atomic mass is 10.2. The van der Waals surface area contributed by atoms with Crippen LogP contribution in [0.25, 0.3) is 0 Å². The summed E-state index contributed by atoms with van der Waals surface area (Å²) < 4.78 is 37.7. The number of hydrogen-bond donors (Lipinski definition) is 1. The Morgan fingerprint density at radius 1 is 1.05 bits per heavy atom. The molecule has 0 aromatic heterocycles. The first-order valence-electron chi connectivity index (χ1n) is 6.67. The van der Waals surface area contributed by atoms with E-state index >= 15 is 0 Å². The molecule has 0 aliphatic carbocycles. The Bertz CT molecular complexity index is 617. The maximum absolute atomic E-state index is 13.6. The standard InChI is InChI=1S/C16H17F2NO2/c1-2-20-15-8-11(9-19)6-7-14(15)21-10-12-4-3-5-13(17)16(12)18/h3-8H,2,9-10,19H2,1H3. The number of halogens is 2. The van der Waals surface area contributed by atoms with Crippen molar-refractivity contribution in [2.24, 2.45) is 5.73 Å². The SMILES string of the molecule is CCOc1cc(CN)ccc1OCc1cccc(F)c1F. The van der Waals surface area contributed by atoms with Gasteiger partial charge in [-0.25, -0.2) is 8.78 Å². The normalized spacial score (nSPS) is 10.5. The summed E-state index contributed by atoms with van der Waals surface area (Å²) in [5.41, 5.74) is 6.64. The minimum absolute atomic E-state index is 0.0777. The van der Waals surface area contributed by atoms with Crippen LogP contribution in [0.5, 0.6) is 11.5 Å². The molecule has 0 aliphatic heterocycles. The van der Waals surface area contributed by atoms with Crippen LogP contribution in [0.3, 0.4) is 0 Å². The van der Waals surface area contributed by atoms with Gasteiger partial charge in [0.25, 0.3) is 0 Å². The van der Waals surface area contributed by atoms with Crippen LogP contribution in [0.4, 0.5) is 8.78 Å². The lowest BCUT2D eigenvalue weighted by Gasteiger charge is -2.13. The molecular weight excluding hydrogens is 276 g/mol. The molecule has 2 aromatic carbocycles. The van der Waals surface area contributed by atoms with Crippen LogP contribution >= 0.6 is 0 Å². The van der Waals surface area contributed by atoms with Gasteiger partial charge in [0, 0.05) is 12.1 Å². The molecule has 0 saturated heterocycles. The molecule has 0 saturated carbocycles. The molecule has 0 unspecified atom stereocenters. The molecule has 2 N–H and O–H groups in total. The average Bonchev–Trinajstić information content (AvgIpc) is 2.50. The van der Waals surface area contributed by atoms with Crippen molar-refractivity contribution in [3.63, 3.8) is 0 Å². The summed E-state index contributed by atoms with van der Waals surface area (Å²) in [5.74, 6) is -0.774. The van der Waals surface area contributed by atoms with E-state index in [-0.39, 0.29) is 12.2 Å². The molecule has 0 atom stereocenters. The first-order valence-corrected chi connectivity index (χ1v) is 6.67. The molecule has 0 amide bonds. The highest BCUT2D eigenvalue weighted by Crippen LogP contribution is 2.29. The molecule has 5 heteroatoms. The molecule has 0 bridgehead atoms. The van der Waals surface area contributed by atoms with Gasteiger partial charge in [-0.3, -0.25) is 0 Å². The van der Waals surface area contributed by atoms with E-state index in [0.717, 1.165) is 11.6 Å². The highest BCUT2D eigenvalue weighted by atomic mass is 19.2. The minimum Gasteiger partial charge on any atom is -0.490 e. The summed E-state index contributed by atoms with van der Waals surface area (Å²) in [5, 5.41) is 0. The largest absolute Gasteiger partial charge is 0.490 e. The van der Waals surface area contributed by atoms with Crippen LogP contribution in [-0.4, -0.2) is 6.61 Å². The highest BCUT2D eigenvalue weighted by Gasteiger charge is 2.10. The van der Waals surface area contributed by atoms with Gasteiger partial charge in [0.1, 0.15) is 6.61 Å². The summed E-state index contributed by atoms with van der Waals surface area (Å²) in [6, 6.07) is 9.29. The van der Waals surface area contributed by atoms with Gasteiger partial charge in [0.05, 0.1) is 6.61 Å². The molecule has 0 fully saturated rings. The molecule has 0 spiro atoms. The zero-order chi connectivity index (χ0) is 15.2. The number of nitrogens with two attached hydrogens (primary N) is 1. The first kappa shape index (κ1) is 15.3. The summed E-state index contributed by atoms with van der Waals surface area (Å²) in [7, 11) is 0. The van der Waals surface area contributed by atoms with Crippen LogP contribution in [0.1, 0.15) is 18.1 Å². The molecule has 0 radical (unpaired) electrons. The number of ether oxygens (including phenoxy) is 2. The van der Waals surface area contributed by atoms with Crippen molar-refractivity contribution in [2.75, 3.05) is 6.61 Å². The molecule has 2 rings (SSSR count). The predicted molar refractivity (Wildman–Crippen MR) is 76.2 cm³/mol. The van der Waals surface area contributed by atoms with Crippen LogP contribution in [-0.2, 0) is 13.2 Å². The molecule has 21 heavy (non-hydrogen) atoms. The fourth-order valence-corrected chi connectivity index (χ4v) is 1.88. The van der Waals surface area contributed by atoms with Crippen LogP contribution in [0.15, 0.2) is 36.4 Å². The van der Waals surface area contributed by atoms with Gasteiger partial charge in [-0.05, 0) is 30.7 Å². The number of rotatable bonds is 6. The summed E-state index contributed by atoms with van der Waals surface area (Å²) in [6.07, 6.45) is 0. The Balaban J connectivity index is 2.17. The molecule has 0 heterocycles. The maximum Gasteiger partial charge on any atom is 0.165 e. The molecule has 2 aromatic rings. The Morgan fingerprint density at radius 3 is 2.57 bits per heavy atom. The van der Waals surface area contributed by atoms with E-state index in [2.05, 4.69) is 0 Å². The second-order valence-corrected chi connectivity index (χ2v) is 4.42. The van der Waals surface area contributed by atoms with Crippen molar-refractivity contribution in [3.05, 3.63) is 59.2 Å². The van der Waals surface area contributed by atoms with Crippen LogP contribution < -0.4 is 15.2 Å². The van der Waals surface area contributed by atoms with Gasteiger partial charge in [0.2, 0.25) is 0 Å². The van der Waals surface area contributed by atoms with Crippen LogP contribution in [0, 0.1) is 11.6 Å². The van der Waals surface area contributed by atoms with Gasteiger partial charge in [-0.1, -0.05) is 18.2 Å². The third-order valence-electron chi connectivity index (χ3n) is 2.96.